The summed E-state index contributed by atoms with van der Waals surface area (Å²) < 4.78 is 0. The van der Waals surface area contributed by atoms with Gasteiger partial charge >= 0.3 is 0 Å². The maximum atomic E-state index is 2.49. The average molecular weight is 267 g/mol. The molecule has 0 fully saturated rings. The van der Waals surface area contributed by atoms with Crippen molar-refractivity contribution >= 4 is 0 Å². The van der Waals surface area contributed by atoms with E-state index in [-0.39, 0.29) is 0 Å². The summed E-state index contributed by atoms with van der Waals surface area (Å²) in [4.78, 5) is 0. The monoisotopic (exact) mass is 266 g/mol. The molecule has 0 bridgehead atoms. The van der Waals surface area contributed by atoms with Crippen LogP contribution in [-0.4, -0.2) is 0 Å². The van der Waals surface area contributed by atoms with Crippen LogP contribution in [-0.2, 0) is 0 Å². The molecule has 0 aliphatic carbocycles. The Hall–Kier alpha value is -0.260. The van der Waals surface area contributed by atoms with E-state index in [1.807, 2.05) is 0 Å². The van der Waals surface area contributed by atoms with Crippen LogP contribution < -0.4 is 0 Å². The van der Waals surface area contributed by atoms with Gasteiger partial charge in [0.25, 0.3) is 0 Å². The molecule has 0 nitrogen and oxygen atoms in total. The lowest BCUT2D eigenvalue weighted by Crippen LogP contribution is -1.82. The van der Waals surface area contributed by atoms with Crippen molar-refractivity contribution in [2.75, 3.05) is 0 Å². The highest BCUT2D eigenvalue weighted by molar-refractivity contribution is 4.97. The molecule has 0 atom stereocenters. The van der Waals surface area contributed by atoms with Gasteiger partial charge in [-0.2, -0.15) is 0 Å². The Morgan fingerprint density at radius 3 is 1.68 bits per heavy atom. The first-order valence-electron chi connectivity index (χ1n) is 8.96. The minimum absolute atomic E-state index is 1.31. The second-order valence-corrected chi connectivity index (χ2v) is 6.12. The lowest BCUT2D eigenvalue weighted by molar-refractivity contribution is 0.577. The minimum Gasteiger partial charge on any atom is -0.0856 e. The van der Waals surface area contributed by atoms with Crippen molar-refractivity contribution in [3.05, 3.63) is 11.6 Å². The fraction of sp³-hybridized carbons (Fsp3) is 0.895. The van der Waals surface area contributed by atoms with Crippen molar-refractivity contribution in [1.29, 1.82) is 0 Å². The van der Waals surface area contributed by atoms with E-state index in [2.05, 4.69) is 26.8 Å². The van der Waals surface area contributed by atoms with E-state index in [9.17, 15) is 0 Å². The fourth-order valence-corrected chi connectivity index (χ4v) is 2.56. The van der Waals surface area contributed by atoms with Gasteiger partial charge < -0.3 is 0 Å². The highest BCUT2D eigenvalue weighted by atomic mass is 14.0. The van der Waals surface area contributed by atoms with Crippen LogP contribution in [0.2, 0.25) is 0 Å². The molecule has 0 aromatic carbocycles. The Labute approximate surface area is 123 Å². The number of allylic oxidation sites excluding steroid dienone is 2. The molecule has 114 valence electrons. The summed E-state index contributed by atoms with van der Waals surface area (Å²) in [5.41, 5.74) is 1.62. The van der Waals surface area contributed by atoms with Crippen molar-refractivity contribution < 1.29 is 0 Å². The first-order chi connectivity index (χ1) is 9.31. The number of rotatable bonds is 14. The third-order valence-electron chi connectivity index (χ3n) is 3.98. The smallest absolute Gasteiger partial charge is 0.0323 e. The molecule has 0 heterocycles. The standard InChI is InChI=1S/C19H38/c1-4-6-8-10-11-12-13-14-16-18-19(3)17-15-9-7-5-2/h18H,4-17H2,1-3H3. The molecule has 0 saturated heterocycles. The number of unbranched alkanes of at least 4 members (excludes halogenated alkanes) is 11. The van der Waals surface area contributed by atoms with Crippen molar-refractivity contribution in [2.24, 2.45) is 0 Å². The Balaban J connectivity index is 3.22. The second kappa shape index (κ2) is 15.8. The van der Waals surface area contributed by atoms with E-state index in [0.29, 0.717) is 0 Å². The molecule has 0 heteroatoms. The number of hydrogen-bond donors (Lipinski definition) is 0. The minimum atomic E-state index is 1.31. The average Bonchev–Trinajstić information content (AvgIpc) is 2.42. The van der Waals surface area contributed by atoms with Crippen LogP contribution in [0, 0.1) is 0 Å². The maximum absolute atomic E-state index is 2.49. The first kappa shape index (κ1) is 18.7. The second-order valence-electron chi connectivity index (χ2n) is 6.12. The van der Waals surface area contributed by atoms with Crippen molar-refractivity contribution in [3.8, 4) is 0 Å². The molecule has 0 unspecified atom stereocenters. The van der Waals surface area contributed by atoms with Crippen LogP contribution in [0.5, 0.6) is 0 Å². The predicted octanol–water partition coefficient (Wildman–Crippen LogP) is 7.43. The van der Waals surface area contributed by atoms with Gasteiger partial charge in [-0.1, -0.05) is 89.7 Å². The summed E-state index contributed by atoms with van der Waals surface area (Å²) in [6.07, 6.45) is 22.2. The van der Waals surface area contributed by atoms with Gasteiger partial charge in [0.05, 0.1) is 0 Å². The van der Waals surface area contributed by atoms with Crippen LogP contribution in [0.25, 0.3) is 0 Å². The molecular formula is C19H38. The van der Waals surface area contributed by atoms with Gasteiger partial charge in [0.1, 0.15) is 0 Å². The third kappa shape index (κ3) is 15.7. The normalized spacial score (nSPS) is 12.1. The third-order valence-corrected chi connectivity index (χ3v) is 3.98. The van der Waals surface area contributed by atoms with Gasteiger partial charge in [0.15, 0.2) is 0 Å². The van der Waals surface area contributed by atoms with E-state index in [0.717, 1.165) is 0 Å². The van der Waals surface area contributed by atoms with E-state index >= 15 is 0 Å². The molecule has 0 rings (SSSR count). The molecule has 19 heavy (non-hydrogen) atoms. The van der Waals surface area contributed by atoms with E-state index in [1.54, 1.807) is 5.57 Å². The zero-order valence-electron chi connectivity index (χ0n) is 14.0. The summed E-state index contributed by atoms with van der Waals surface area (Å²) in [6, 6.07) is 0. The van der Waals surface area contributed by atoms with Gasteiger partial charge in [0.2, 0.25) is 0 Å². The van der Waals surface area contributed by atoms with E-state index in [4.69, 9.17) is 0 Å². The quantitative estimate of drug-likeness (QED) is 0.226. The highest BCUT2D eigenvalue weighted by Gasteiger charge is 1.93. The SMILES string of the molecule is CCCCCCCCCCC=C(C)CCCCCC. The lowest BCUT2D eigenvalue weighted by atomic mass is 10.0. The molecule has 0 spiro atoms. The largest absolute Gasteiger partial charge is 0.0856 e. The lowest BCUT2D eigenvalue weighted by Gasteiger charge is -2.02. The fourth-order valence-electron chi connectivity index (χ4n) is 2.56. The molecule has 0 amide bonds. The summed E-state index contributed by atoms with van der Waals surface area (Å²) in [5.74, 6) is 0. The Bertz CT molecular complexity index is 190. The zero-order chi connectivity index (χ0) is 14.2. The molecule has 0 aliphatic rings. The predicted molar refractivity (Wildman–Crippen MR) is 89.7 cm³/mol. The Morgan fingerprint density at radius 1 is 0.632 bits per heavy atom. The van der Waals surface area contributed by atoms with Gasteiger partial charge in [-0.15, -0.1) is 0 Å². The molecule has 0 aromatic rings. The van der Waals surface area contributed by atoms with E-state index in [1.165, 1.54) is 89.9 Å². The summed E-state index contributed by atoms with van der Waals surface area (Å²) in [7, 11) is 0. The molecule has 0 aromatic heterocycles. The van der Waals surface area contributed by atoms with E-state index < -0.39 is 0 Å². The Kier molecular flexibility index (Phi) is 15.6. The van der Waals surface area contributed by atoms with Gasteiger partial charge in [-0.05, 0) is 32.6 Å². The Morgan fingerprint density at radius 2 is 1.11 bits per heavy atom. The summed E-state index contributed by atoms with van der Waals surface area (Å²) >= 11 is 0. The van der Waals surface area contributed by atoms with Crippen LogP contribution in [0.15, 0.2) is 11.6 Å². The van der Waals surface area contributed by atoms with Crippen molar-refractivity contribution in [1.82, 2.24) is 0 Å². The van der Waals surface area contributed by atoms with Crippen molar-refractivity contribution in [3.63, 3.8) is 0 Å². The van der Waals surface area contributed by atoms with Crippen LogP contribution in [0.3, 0.4) is 0 Å². The molecular weight excluding hydrogens is 228 g/mol. The molecule has 0 N–H and O–H groups in total. The number of hydrogen-bond acceptors (Lipinski definition) is 0. The molecule has 0 saturated carbocycles. The molecule has 0 radical (unpaired) electrons. The molecule has 0 aliphatic heterocycles. The van der Waals surface area contributed by atoms with Gasteiger partial charge in [0, 0.05) is 0 Å². The summed E-state index contributed by atoms with van der Waals surface area (Å²) in [6.45, 7) is 6.89. The van der Waals surface area contributed by atoms with Crippen molar-refractivity contribution in [2.45, 2.75) is 111 Å². The van der Waals surface area contributed by atoms with Crippen LogP contribution in [0.4, 0.5) is 0 Å². The first-order valence-corrected chi connectivity index (χ1v) is 8.96. The van der Waals surface area contributed by atoms with Gasteiger partial charge in [-0.3, -0.25) is 0 Å². The van der Waals surface area contributed by atoms with Gasteiger partial charge in [-0.25, -0.2) is 0 Å². The zero-order valence-corrected chi connectivity index (χ0v) is 14.0. The summed E-state index contributed by atoms with van der Waals surface area (Å²) in [5, 5.41) is 0. The highest BCUT2D eigenvalue weighted by Crippen LogP contribution is 2.13. The van der Waals surface area contributed by atoms with Crippen LogP contribution in [0.1, 0.15) is 111 Å². The maximum Gasteiger partial charge on any atom is -0.0323 e. The topological polar surface area (TPSA) is 0 Å². The van der Waals surface area contributed by atoms with Crippen LogP contribution >= 0.6 is 0 Å².